The maximum Gasteiger partial charge on any atom is 0.418 e. The van der Waals surface area contributed by atoms with Crippen LogP contribution in [-0.2, 0) is 12.8 Å². The summed E-state index contributed by atoms with van der Waals surface area (Å²) in [4.78, 5) is 29.9. The molecule has 0 saturated heterocycles. The van der Waals surface area contributed by atoms with Crippen LogP contribution in [0.2, 0.25) is 5.02 Å². The number of aromatic amines is 1. The number of methoxy groups -OCH3 is 2. The predicted molar refractivity (Wildman–Crippen MR) is 122 cm³/mol. The fourth-order valence-corrected chi connectivity index (χ4v) is 3.89. The molecule has 0 fully saturated rings. The van der Waals surface area contributed by atoms with E-state index < -0.39 is 58.5 Å². The van der Waals surface area contributed by atoms with E-state index in [2.05, 4.69) is 4.98 Å². The van der Waals surface area contributed by atoms with Crippen LogP contribution in [0.3, 0.4) is 0 Å². The topological polar surface area (TPSA) is 116 Å². The van der Waals surface area contributed by atoms with Crippen molar-refractivity contribution in [2.24, 2.45) is 0 Å². The van der Waals surface area contributed by atoms with Gasteiger partial charge in [0.15, 0.2) is 34.5 Å². The number of alkyl halides is 3. The lowest BCUT2D eigenvalue weighted by atomic mass is 10.2. The molecule has 200 valence electrons. The van der Waals surface area contributed by atoms with E-state index >= 15 is 0 Å². The molecular formula is C23H15ClF5N3O6. The van der Waals surface area contributed by atoms with E-state index in [1.165, 1.54) is 20.3 Å². The molecule has 4 aromatic rings. The number of aromatic carboxylic acids is 1. The van der Waals surface area contributed by atoms with Crippen molar-refractivity contribution >= 4 is 28.7 Å². The third-order valence-electron chi connectivity index (χ3n) is 5.39. The van der Waals surface area contributed by atoms with E-state index in [9.17, 15) is 36.6 Å². The van der Waals surface area contributed by atoms with Gasteiger partial charge < -0.3 is 24.3 Å². The molecule has 2 heterocycles. The van der Waals surface area contributed by atoms with Crippen LogP contribution in [-0.4, -0.2) is 39.8 Å². The molecule has 0 aliphatic heterocycles. The SMILES string of the molecule is COc1cc(Cl)c(-n2c(=O)[nH]c3c(C(F)(F)F)cc(C(=O)O)nc32)cc1OCc1c(OC)ccc(F)c1F. The first kappa shape index (κ1) is 26.7. The average Bonchev–Trinajstić information content (AvgIpc) is 3.19. The molecule has 2 N–H and O–H groups in total. The number of carbonyl (C=O) groups is 1. The number of pyridine rings is 1. The highest BCUT2D eigenvalue weighted by Crippen LogP contribution is 2.38. The zero-order valence-electron chi connectivity index (χ0n) is 19.2. The van der Waals surface area contributed by atoms with Crippen molar-refractivity contribution in [2.45, 2.75) is 12.8 Å². The number of carboxylic acid groups (broad SMARTS) is 1. The third kappa shape index (κ3) is 4.69. The lowest BCUT2D eigenvalue weighted by molar-refractivity contribution is -0.136. The number of benzene rings is 2. The number of carboxylic acids is 1. The van der Waals surface area contributed by atoms with Gasteiger partial charge in [0.2, 0.25) is 0 Å². The summed E-state index contributed by atoms with van der Waals surface area (Å²) in [6.45, 7) is -0.591. The fourth-order valence-electron chi connectivity index (χ4n) is 3.65. The normalized spacial score (nSPS) is 11.6. The number of H-pyrrole nitrogens is 1. The zero-order valence-corrected chi connectivity index (χ0v) is 20.0. The minimum atomic E-state index is -5.04. The van der Waals surface area contributed by atoms with Crippen LogP contribution in [0.25, 0.3) is 16.9 Å². The van der Waals surface area contributed by atoms with Crippen molar-refractivity contribution in [1.82, 2.24) is 14.5 Å². The third-order valence-corrected chi connectivity index (χ3v) is 5.69. The van der Waals surface area contributed by atoms with E-state index in [4.69, 9.17) is 25.8 Å². The highest BCUT2D eigenvalue weighted by molar-refractivity contribution is 6.32. The van der Waals surface area contributed by atoms with Crippen molar-refractivity contribution in [1.29, 1.82) is 0 Å². The van der Waals surface area contributed by atoms with Crippen molar-refractivity contribution < 1.29 is 46.1 Å². The van der Waals surface area contributed by atoms with Gasteiger partial charge in [0.1, 0.15) is 12.4 Å². The Labute approximate surface area is 213 Å². The first-order valence-electron chi connectivity index (χ1n) is 10.3. The fraction of sp³-hybridized carbons (Fsp3) is 0.174. The number of ether oxygens (including phenoxy) is 3. The van der Waals surface area contributed by atoms with Gasteiger partial charge in [0.25, 0.3) is 0 Å². The Bertz CT molecular complexity index is 1630. The van der Waals surface area contributed by atoms with E-state index in [0.29, 0.717) is 4.57 Å². The predicted octanol–water partition coefficient (Wildman–Crippen LogP) is 4.96. The number of fused-ring (bicyclic) bond motifs is 1. The Morgan fingerprint density at radius 2 is 1.79 bits per heavy atom. The van der Waals surface area contributed by atoms with Gasteiger partial charge in [0, 0.05) is 12.1 Å². The van der Waals surface area contributed by atoms with Crippen LogP contribution in [0.5, 0.6) is 17.2 Å². The van der Waals surface area contributed by atoms with Crippen LogP contribution in [0.15, 0.2) is 35.1 Å². The molecule has 2 aromatic carbocycles. The van der Waals surface area contributed by atoms with Gasteiger partial charge in [-0.05, 0) is 18.2 Å². The Morgan fingerprint density at radius 3 is 2.39 bits per heavy atom. The first-order valence-corrected chi connectivity index (χ1v) is 10.7. The largest absolute Gasteiger partial charge is 0.496 e. The molecule has 0 saturated carbocycles. The molecule has 15 heteroatoms. The molecule has 0 atom stereocenters. The van der Waals surface area contributed by atoms with Gasteiger partial charge in [-0.1, -0.05) is 11.6 Å². The lowest BCUT2D eigenvalue weighted by Gasteiger charge is -2.16. The molecule has 9 nitrogen and oxygen atoms in total. The summed E-state index contributed by atoms with van der Waals surface area (Å²) < 4.78 is 85.5. The summed E-state index contributed by atoms with van der Waals surface area (Å²) in [5.74, 6) is -4.42. The van der Waals surface area contributed by atoms with Crippen LogP contribution in [0.1, 0.15) is 21.6 Å². The summed E-state index contributed by atoms with van der Waals surface area (Å²) in [7, 11) is 2.46. The highest BCUT2D eigenvalue weighted by atomic mass is 35.5. The monoisotopic (exact) mass is 559 g/mol. The number of rotatable bonds is 7. The summed E-state index contributed by atoms with van der Waals surface area (Å²) in [5.41, 5.74) is -5.58. The van der Waals surface area contributed by atoms with E-state index in [1.54, 1.807) is 0 Å². The van der Waals surface area contributed by atoms with Crippen LogP contribution in [0.4, 0.5) is 22.0 Å². The molecule has 0 amide bonds. The van der Waals surface area contributed by atoms with Crippen molar-refractivity contribution in [3.63, 3.8) is 0 Å². The summed E-state index contributed by atoms with van der Waals surface area (Å²) in [6, 6.07) is 4.56. The van der Waals surface area contributed by atoms with Gasteiger partial charge >= 0.3 is 17.8 Å². The van der Waals surface area contributed by atoms with Gasteiger partial charge in [-0.2, -0.15) is 13.2 Å². The lowest BCUT2D eigenvalue weighted by Crippen LogP contribution is -2.16. The number of nitrogens with zero attached hydrogens (tertiary/aromatic N) is 2. The number of hydrogen-bond donors (Lipinski definition) is 2. The molecule has 0 unspecified atom stereocenters. The molecule has 0 radical (unpaired) electrons. The van der Waals surface area contributed by atoms with Crippen LogP contribution in [0, 0.1) is 11.6 Å². The van der Waals surface area contributed by atoms with Crippen molar-refractivity contribution in [3.8, 4) is 22.9 Å². The Hall–Kier alpha value is -4.33. The van der Waals surface area contributed by atoms with E-state index in [0.717, 1.165) is 18.2 Å². The van der Waals surface area contributed by atoms with Gasteiger partial charge in [-0.15, -0.1) is 0 Å². The maximum atomic E-state index is 14.4. The summed E-state index contributed by atoms with van der Waals surface area (Å²) >= 11 is 6.28. The molecule has 2 aromatic heterocycles. The Morgan fingerprint density at radius 1 is 1.11 bits per heavy atom. The van der Waals surface area contributed by atoms with Gasteiger partial charge in [0.05, 0.1) is 41.6 Å². The summed E-state index contributed by atoms with van der Waals surface area (Å²) in [5, 5.41) is 9.06. The van der Waals surface area contributed by atoms with Gasteiger partial charge in [-0.3, -0.25) is 0 Å². The Balaban J connectivity index is 1.90. The van der Waals surface area contributed by atoms with Crippen LogP contribution < -0.4 is 19.9 Å². The minimum absolute atomic E-state index is 0.0300. The molecule has 0 aliphatic carbocycles. The number of nitrogens with one attached hydrogen (secondary N) is 1. The molecular weight excluding hydrogens is 545 g/mol. The van der Waals surface area contributed by atoms with Crippen LogP contribution >= 0.6 is 11.6 Å². The number of imidazole rings is 1. The molecule has 38 heavy (non-hydrogen) atoms. The number of halogens is 6. The first-order chi connectivity index (χ1) is 17.9. The Kier molecular flexibility index (Phi) is 6.93. The van der Waals surface area contributed by atoms with E-state index in [1.807, 2.05) is 4.98 Å². The molecule has 0 spiro atoms. The number of hydrogen-bond acceptors (Lipinski definition) is 6. The minimum Gasteiger partial charge on any atom is -0.496 e. The second-order valence-electron chi connectivity index (χ2n) is 7.61. The van der Waals surface area contributed by atoms with Crippen molar-refractivity contribution in [3.05, 3.63) is 74.3 Å². The molecule has 4 rings (SSSR count). The van der Waals surface area contributed by atoms with E-state index in [-0.39, 0.29) is 39.6 Å². The standard InChI is InChI=1S/C23H15ClF5N3O6/c1-36-15-4-3-12(25)18(26)9(15)8-38-17-7-14(11(24)6-16(17)37-2)32-20-19(31-22(32)35)10(23(27,28)29)5-13(30-20)21(33)34/h3-7H,8H2,1-2H3,(H,31,35)(H,33,34). The summed E-state index contributed by atoms with van der Waals surface area (Å²) in [6.07, 6.45) is -5.04. The second-order valence-corrected chi connectivity index (χ2v) is 8.01. The smallest absolute Gasteiger partial charge is 0.418 e. The van der Waals surface area contributed by atoms with Crippen molar-refractivity contribution in [2.75, 3.05) is 14.2 Å². The van der Waals surface area contributed by atoms with Gasteiger partial charge in [-0.25, -0.2) is 27.9 Å². The maximum absolute atomic E-state index is 14.4. The average molecular weight is 560 g/mol. The second kappa shape index (κ2) is 9.85. The highest BCUT2D eigenvalue weighted by Gasteiger charge is 2.36. The molecule has 0 bridgehead atoms. The molecule has 0 aliphatic rings. The number of aromatic nitrogens is 3. The zero-order chi connectivity index (χ0) is 27.9. The quantitative estimate of drug-likeness (QED) is 0.308.